The van der Waals surface area contributed by atoms with E-state index >= 15 is 0 Å². The molecule has 3 aromatic rings. The third-order valence-electron chi connectivity index (χ3n) is 5.55. The number of benzene rings is 2. The third kappa shape index (κ3) is 5.31. The Bertz CT molecular complexity index is 1160. The van der Waals surface area contributed by atoms with Crippen LogP contribution in [0.5, 0.6) is 5.88 Å². The van der Waals surface area contributed by atoms with Gasteiger partial charge < -0.3 is 15.3 Å². The maximum atomic E-state index is 13.5. The average molecular weight is 447 g/mol. The fraction of sp³-hybridized carbons (Fsp3) is 0.346. The average Bonchev–Trinajstić information content (AvgIpc) is 2.91. The van der Waals surface area contributed by atoms with Crippen LogP contribution < -0.4 is 14.8 Å². The van der Waals surface area contributed by atoms with Crippen molar-refractivity contribution in [2.45, 2.75) is 45.8 Å². The van der Waals surface area contributed by atoms with Crippen molar-refractivity contribution in [2.24, 2.45) is 0 Å². The highest BCUT2D eigenvalue weighted by Gasteiger charge is 2.37. The molecule has 1 aliphatic heterocycles. The lowest BCUT2D eigenvalue weighted by Gasteiger charge is -2.31. The van der Waals surface area contributed by atoms with Crippen LogP contribution in [0.25, 0.3) is 11.1 Å². The zero-order valence-corrected chi connectivity index (χ0v) is 19.5. The minimum Gasteiger partial charge on any atom is -0.711 e. The van der Waals surface area contributed by atoms with Gasteiger partial charge in [-0.05, 0) is 49.4 Å². The monoisotopic (exact) mass is 446 g/mol. The molecule has 0 fully saturated rings. The number of hydrogen-bond acceptors (Lipinski definition) is 5. The highest BCUT2D eigenvalue weighted by molar-refractivity contribution is 5.84. The minimum atomic E-state index is -0.707. The molecule has 0 spiro atoms. The number of aryl methyl sites for hydroxylation is 1. The largest absolute Gasteiger partial charge is 0.711 e. The number of hydrogen-bond donors (Lipinski definition) is 1. The lowest BCUT2D eigenvalue weighted by atomic mass is 9.97. The van der Waals surface area contributed by atoms with Gasteiger partial charge in [-0.2, -0.15) is 0 Å². The maximum absolute atomic E-state index is 13.5. The molecule has 0 saturated carbocycles. The quantitative estimate of drug-likeness (QED) is 0.490. The Labute approximate surface area is 194 Å². The number of ether oxygens (including phenoxy) is 1. The Morgan fingerprint density at radius 3 is 2.79 bits per heavy atom. The number of amides is 1. The number of carbonyl (C=O) groups is 1. The van der Waals surface area contributed by atoms with Gasteiger partial charge in [-0.3, -0.25) is 9.69 Å². The molecule has 172 valence electrons. The van der Waals surface area contributed by atoms with Crippen molar-refractivity contribution < 1.29 is 14.3 Å². The molecule has 7 heteroatoms. The molecule has 1 N–H and O–H groups in total. The van der Waals surface area contributed by atoms with E-state index in [1.54, 1.807) is 0 Å². The highest BCUT2D eigenvalue weighted by atomic mass is 16.5. The molecule has 0 aliphatic carbocycles. The molecule has 1 unspecified atom stereocenters. The molecule has 2 aromatic carbocycles. The fourth-order valence-corrected chi connectivity index (χ4v) is 4.19. The Morgan fingerprint density at radius 2 is 2.03 bits per heavy atom. The van der Waals surface area contributed by atoms with Crippen molar-refractivity contribution in [3.05, 3.63) is 83.0 Å². The van der Waals surface area contributed by atoms with E-state index in [0.29, 0.717) is 35.9 Å². The van der Waals surface area contributed by atoms with Gasteiger partial charge in [-0.1, -0.05) is 54.1 Å². The predicted octanol–water partition coefficient (Wildman–Crippen LogP) is 3.54. The summed E-state index contributed by atoms with van der Waals surface area (Å²) in [5.41, 5.74) is 4.58. The maximum Gasteiger partial charge on any atom is 0.336 e. The molecule has 1 aromatic heterocycles. The normalized spacial score (nSPS) is 16.4. The molecule has 0 bridgehead atoms. The molecule has 0 saturated heterocycles. The van der Waals surface area contributed by atoms with E-state index < -0.39 is 11.6 Å². The van der Waals surface area contributed by atoms with Crippen molar-refractivity contribution in [2.75, 3.05) is 13.2 Å². The van der Waals surface area contributed by atoms with E-state index in [9.17, 15) is 10.0 Å². The summed E-state index contributed by atoms with van der Waals surface area (Å²) < 4.78 is 6.44. The second-order valence-electron chi connectivity index (χ2n) is 9.48. The van der Waals surface area contributed by atoms with Crippen LogP contribution in [0.3, 0.4) is 0 Å². The van der Waals surface area contributed by atoms with Gasteiger partial charge in [0.1, 0.15) is 24.4 Å². The summed E-state index contributed by atoms with van der Waals surface area (Å²) in [5, 5.41) is 15.2. The van der Waals surface area contributed by atoms with Gasteiger partial charge in [-0.15, -0.1) is 0 Å². The van der Waals surface area contributed by atoms with Crippen LogP contribution in [-0.2, 0) is 11.3 Å². The van der Waals surface area contributed by atoms with Crippen molar-refractivity contribution in [3.63, 3.8) is 0 Å². The molecule has 33 heavy (non-hydrogen) atoms. The SMILES string of the molecule is Cc1cccc(-c2ccccc2CN2CCOc3nc[n+]([O-])cc3C2C(=O)NC(C)(C)C)c1. The number of fused-ring (bicyclic) bond motifs is 1. The van der Waals surface area contributed by atoms with Crippen molar-refractivity contribution in [1.29, 1.82) is 0 Å². The van der Waals surface area contributed by atoms with Gasteiger partial charge in [0.25, 0.3) is 6.33 Å². The van der Waals surface area contributed by atoms with Gasteiger partial charge in [0.05, 0.1) is 0 Å². The zero-order valence-electron chi connectivity index (χ0n) is 19.5. The van der Waals surface area contributed by atoms with Crippen LogP contribution >= 0.6 is 0 Å². The number of carbonyl (C=O) groups excluding carboxylic acids is 1. The van der Waals surface area contributed by atoms with E-state index in [1.165, 1.54) is 11.8 Å². The van der Waals surface area contributed by atoms with Crippen molar-refractivity contribution in [3.8, 4) is 17.0 Å². The highest BCUT2D eigenvalue weighted by Crippen LogP contribution is 2.33. The Hall–Kier alpha value is -3.45. The first-order valence-electron chi connectivity index (χ1n) is 11.1. The van der Waals surface area contributed by atoms with E-state index in [2.05, 4.69) is 58.5 Å². The number of nitrogens with one attached hydrogen (secondary N) is 1. The van der Waals surface area contributed by atoms with Crippen LogP contribution in [-0.4, -0.2) is 34.5 Å². The molecule has 1 aliphatic rings. The fourth-order valence-electron chi connectivity index (χ4n) is 4.19. The van der Waals surface area contributed by atoms with E-state index in [4.69, 9.17) is 4.74 Å². The summed E-state index contributed by atoms with van der Waals surface area (Å²) in [6.45, 7) is 9.29. The Morgan fingerprint density at radius 1 is 1.24 bits per heavy atom. The van der Waals surface area contributed by atoms with Crippen LogP contribution in [0.2, 0.25) is 0 Å². The summed E-state index contributed by atoms with van der Waals surface area (Å²) >= 11 is 0. The molecule has 2 heterocycles. The summed E-state index contributed by atoms with van der Waals surface area (Å²) in [4.78, 5) is 19.7. The molecule has 1 atom stereocenters. The molecule has 7 nitrogen and oxygen atoms in total. The Balaban J connectivity index is 1.75. The van der Waals surface area contributed by atoms with Gasteiger partial charge >= 0.3 is 5.88 Å². The second kappa shape index (κ2) is 9.19. The summed E-state index contributed by atoms with van der Waals surface area (Å²) in [7, 11) is 0. The molecule has 1 amide bonds. The van der Waals surface area contributed by atoms with Gasteiger partial charge in [0, 0.05) is 18.6 Å². The topological polar surface area (TPSA) is 81.4 Å². The van der Waals surface area contributed by atoms with Gasteiger partial charge in [0.2, 0.25) is 5.91 Å². The Kier molecular flexibility index (Phi) is 6.33. The van der Waals surface area contributed by atoms with Gasteiger partial charge in [-0.25, -0.2) is 4.73 Å². The molecular formula is C26H30N4O3. The molecule has 0 radical (unpaired) electrons. The number of rotatable bonds is 4. The van der Waals surface area contributed by atoms with Gasteiger partial charge in [0.15, 0.2) is 0 Å². The van der Waals surface area contributed by atoms with Crippen LogP contribution in [0.1, 0.15) is 43.5 Å². The first-order valence-corrected chi connectivity index (χ1v) is 11.1. The standard InChI is InChI=1S/C26H30N4O3/c1-18-8-7-10-19(14-18)21-11-6-5-9-20(21)15-29-12-13-33-25-22(16-30(32)17-27-25)23(29)24(31)28-26(2,3)4/h5-11,14,16-17,23H,12-13,15H2,1-4H3,(H,28,31). The summed E-state index contributed by atoms with van der Waals surface area (Å²) in [6.07, 6.45) is 2.54. The lowest BCUT2D eigenvalue weighted by molar-refractivity contribution is -0.609. The predicted molar refractivity (Wildman–Crippen MR) is 126 cm³/mol. The molecular weight excluding hydrogens is 416 g/mol. The van der Waals surface area contributed by atoms with E-state index in [0.717, 1.165) is 23.0 Å². The lowest BCUT2D eigenvalue weighted by Crippen LogP contribution is -2.48. The summed E-state index contributed by atoms with van der Waals surface area (Å²) in [5.74, 6) is 0.140. The number of nitrogens with zero attached hydrogens (tertiary/aromatic N) is 3. The third-order valence-corrected chi connectivity index (χ3v) is 5.55. The van der Waals surface area contributed by atoms with E-state index in [-0.39, 0.29) is 5.91 Å². The van der Waals surface area contributed by atoms with Crippen LogP contribution in [0.4, 0.5) is 0 Å². The summed E-state index contributed by atoms with van der Waals surface area (Å²) in [6, 6.07) is 15.9. The van der Waals surface area contributed by atoms with Crippen molar-refractivity contribution >= 4 is 5.91 Å². The minimum absolute atomic E-state index is 0.185. The second-order valence-corrected chi connectivity index (χ2v) is 9.48. The van der Waals surface area contributed by atoms with E-state index in [1.807, 2.05) is 32.9 Å². The zero-order chi connectivity index (χ0) is 23.6. The van der Waals surface area contributed by atoms with Crippen LogP contribution in [0.15, 0.2) is 61.1 Å². The molecule has 4 rings (SSSR count). The van der Waals surface area contributed by atoms with Crippen LogP contribution in [0, 0.1) is 12.1 Å². The first kappa shape index (κ1) is 22.7. The smallest absolute Gasteiger partial charge is 0.336 e. The first-order chi connectivity index (χ1) is 15.7. The number of aromatic nitrogens is 2. The van der Waals surface area contributed by atoms with Crippen molar-refractivity contribution in [1.82, 2.24) is 15.2 Å².